The van der Waals surface area contributed by atoms with Gasteiger partial charge in [0.1, 0.15) is 30.3 Å². The van der Waals surface area contributed by atoms with E-state index in [-0.39, 0.29) is 93.2 Å². The number of imide groups is 1. The number of amides is 12. The second-order valence-electron chi connectivity index (χ2n) is 25.5. The molecule has 12 amide bonds. The van der Waals surface area contributed by atoms with E-state index in [9.17, 15) is 57.5 Å². The van der Waals surface area contributed by atoms with Gasteiger partial charge in [-0.1, -0.05) is 104 Å². The van der Waals surface area contributed by atoms with Crippen molar-refractivity contribution in [2.24, 2.45) is 40.3 Å². The molecule has 524 valence electrons. The van der Waals surface area contributed by atoms with E-state index in [4.69, 9.17) is 24.7 Å². The van der Waals surface area contributed by atoms with Crippen molar-refractivity contribution < 1.29 is 76.5 Å². The largest absolute Gasteiger partial charge is 0.467 e. The number of likely N-dealkylation sites (tertiary alicyclic amines) is 1. The van der Waals surface area contributed by atoms with Gasteiger partial charge in [0.2, 0.25) is 35.4 Å². The Balaban J connectivity index is 1.34. The molecule has 1 unspecified atom stereocenters. The van der Waals surface area contributed by atoms with E-state index in [1.54, 1.807) is 61.9 Å². The van der Waals surface area contributed by atoms with Crippen LogP contribution in [-0.2, 0) is 79.9 Å². The SMILES string of the molecule is CC[C@H](C)[C@@H]([C@@H](CC(=O)N1CCC[C@H]1[C@H](OC)[C@@H](C)C(=O)N[C@@H](Cc1ccccc1)C(=O)OC)OC)N(C)C(=O)C(/C=N/C(=O)C(C)(C)NC(=O)OCc1ccc(NC(=O)[C@H](CCCNC(N)=O)NC(=O)[C@@H](NC(=O)CCCCCN2C(=O)C=CC2=O)C(C)C)cc1)C(C)C. The number of methoxy groups -OCH3 is 3. The van der Waals surface area contributed by atoms with Gasteiger partial charge in [-0.25, -0.2) is 19.4 Å². The van der Waals surface area contributed by atoms with E-state index in [1.807, 2.05) is 58.0 Å². The van der Waals surface area contributed by atoms with Crippen molar-refractivity contribution in [2.45, 2.75) is 188 Å². The second-order valence-corrected chi connectivity index (χ2v) is 25.5. The Morgan fingerprint density at radius 3 is 2.02 bits per heavy atom. The minimum absolute atomic E-state index is 0.0802. The lowest BCUT2D eigenvalue weighted by molar-refractivity contribution is -0.148. The first-order valence-electron chi connectivity index (χ1n) is 32.6. The first-order chi connectivity index (χ1) is 45.0. The predicted octanol–water partition coefficient (Wildman–Crippen LogP) is 4.88. The molecule has 2 aromatic rings. The Hall–Kier alpha value is -8.59. The number of carbonyl (C=O) groups is 12. The number of anilines is 1. The third-order valence-corrected chi connectivity index (χ3v) is 17.3. The highest BCUT2D eigenvalue weighted by molar-refractivity contribution is 6.13. The van der Waals surface area contributed by atoms with Gasteiger partial charge in [0.05, 0.1) is 49.7 Å². The zero-order chi connectivity index (χ0) is 70.7. The van der Waals surface area contributed by atoms with Crippen LogP contribution in [0.15, 0.2) is 71.7 Å². The molecule has 2 aliphatic heterocycles. The molecule has 0 bridgehead atoms. The van der Waals surface area contributed by atoms with Crippen molar-refractivity contribution in [3.8, 4) is 0 Å². The Kier molecular flexibility index (Phi) is 32.1. The van der Waals surface area contributed by atoms with Crippen LogP contribution in [0.1, 0.15) is 138 Å². The number of ether oxygens (including phenoxy) is 4. The molecule has 0 aromatic heterocycles. The summed E-state index contributed by atoms with van der Waals surface area (Å²) in [5, 5.41) is 16.1. The number of unbranched alkanes of at least 4 members (excludes halogenated alkanes) is 2. The van der Waals surface area contributed by atoms with Crippen LogP contribution in [0, 0.1) is 29.6 Å². The standard InChI is InChI=1S/C68H101N11O16/c1-14-43(6)58(52(92-11)38-56(83)78-36-22-26-51(78)59(93-12)44(7)60(84)74-50(64(88)94-13)37-45-23-17-15-18-24-45)77(10)63(87)48(41(2)3)39-71-65(89)68(8,9)76-67(91)95-40-46-28-30-47(31-29-46)72-61(85)49(25-21-34-70-66(69)90)73-62(86)57(42(4)5)75-53(80)27-19-16-20-35-79-54(81)32-33-55(79)82/h15,17-18,23-24,28-33,39,41-44,48-52,57-59H,14,16,19-22,25-27,34-38,40H2,1-13H3,(H,72,85)(H,73,86)(H,74,84)(H,75,80)(H,76,91)(H3,69,70,90)/b71-39+/t43-,44+,48?,49-,50-,51-,52+,57-,58-,59+/m0/s1. The fourth-order valence-corrected chi connectivity index (χ4v) is 11.5. The van der Waals surface area contributed by atoms with E-state index < -0.39 is 107 Å². The summed E-state index contributed by atoms with van der Waals surface area (Å²) in [4.78, 5) is 167. The molecule has 2 heterocycles. The fourth-order valence-electron chi connectivity index (χ4n) is 11.5. The van der Waals surface area contributed by atoms with E-state index >= 15 is 0 Å². The lowest BCUT2D eigenvalue weighted by Crippen LogP contribution is -2.55. The van der Waals surface area contributed by atoms with E-state index in [0.29, 0.717) is 56.3 Å². The molecule has 95 heavy (non-hydrogen) atoms. The van der Waals surface area contributed by atoms with Crippen molar-refractivity contribution in [3.05, 3.63) is 77.9 Å². The molecular formula is C68H101N11O16. The number of hydrogen-bond donors (Lipinski definition) is 7. The maximum atomic E-state index is 14.6. The van der Waals surface area contributed by atoms with Crippen molar-refractivity contribution in [1.29, 1.82) is 0 Å². The van der Waals surface area contributed by atoms with Gasteiger partial charge in [0.25, 0.3) is 17.7 Å². The molecule has 0 saturated carbocycles. The van der Waals surface area contributed by atoms with Crippen molar-refractivity contribution in [2.75, 3.05) is 53.3 Å². The lowest BCUT2D eigenvalue weighted by atomic mass is 9.88. The minimum Gasteiger partial charge on any atom is -0.467 e. The monoisotopic (exact) mass is 1330 g/mol. The van der Waals surface area contributed by atoms with Crippen LogP contribution in [-0.4, -0.2) is 188 Å². The van der Waals surface area contributed by atoms with Gasteiger partial charge in [-0.15, -0.1) is 0 Å². The summed E-state index contributed by atoms with van der Waals surface area (Å²) >= 11 is 0. The fraction of sp³-hybridized carbons (Fsp3) is 0.603. The molecule has 0 spiro atoms. The molecule has 2 aromatic carbocycles. The van der Waals surface area contributed by atoms with Crippen LogP contribution in [0.4, 0.5) is 15.3 Å². The Morgan fingerprint density at radius 2 is 1.43 bits per heavy atom. The van der Waals surface area contributed by atoms with Gasteiger partial charge in [-0.05, 0) is 93.4 Å². The van der Waals surface area contributed by atoms with Crippen LogP contribution >= 0.6 is 0 Å². The van der Waals surface area contributed by atoms with Gasteiger partial charge < -0.3 is 66.4 Å². The second kappa shape index (κ2) is 38.7. The number of nitrogens with one attached hydrogen (secondary N) is 6. The molecule has 27 nitrogen and oxygen atoms in total. The highest BCUT2D eigenvalue weighted by Gasteiger charge is 2.44. The number of urea groups is 1. The average molecular weight is 1330 g/mol. The summed E-state index contributed by atoms with van der Waals surface area (Å²) in [5.41, 5.74) is 5.28. The van der Waals surface area contributed by atoms with Crippen molar-refractivity contribution in [1.82, 2.24) is 41.3 Å². The topological polar surface area (TPSA) is 362 Å². The first kappa shape index (κ1) is 78.9. The molecule has 10 atom stereocenters. The highest BCUT2D eigenvalue weighted by Crippen LogP contribution is 2.31. The number of nitrogens with two attached hydrogens (primary N) is 1. The third-order valence-electron chi connectivity index (χ3n) is 17.3. The summed E-state index contributed by atoms with van der Waals surface area (Å²) in [7, 11) is 5.86. The number of esters is 1. The first-order valence-corrected chi connectivity index (χ1v) is 32.6. The van der Waals surface area contributed by atoms with Gasteiger partial charge >= 0.3 is 18.1 Å². The number of aliphatic imine (C=N–C) groups is 1. The molecule has 27 heteroatoms. The molecule has 2 aliphatic rings. The van der Waals surface area contributed by atoms with Gasteiger partial charge in [-0.3, -0.25) is 48.1 Å². The summed E-state index contributed by atoms with van der Waals surface area (Å²) in [6, 6.07) is 10.6. The van der Waals surface area contributed by atoms with Crippen molar-refractivity contribution in [3.63, 3.8) is 0 Å². The average Bonchev–Trinajstić information content (AvgIpc) is 1.81. The maximum absolute atomic E-state index is 14.6. The number of alkyl carbamates (subject to hydrolysis) is 1. The highest BCUT2D eigenvalue weighted by atomic mass is 16.5. The van der Waals surface area contributed by atoms with Crippen LogP contribution in [0.5, 0.6) is 0 Å². The van der Waals surface area contributed by atoms with Crippen LogP contribution in [0.3, 0.4) is 0 Å². The summed E-state index contributed by atoms with van der Waals surface area (Å²) in [6.45, 7) is 16.1. The lowest BCUT2D eigenvalue weighted by Gasteiger charge is -2.40. The molecule has 1 fully saturated rings. The van der Waals surface area contributed by atoms with Gasteiger partial charge in [0.15, 0.2) is 0 Å². The zero-order valence-electron chi connectivity index (χ0n) is 57.4. The molecule has 1 saturated heterocycles. The molecular weight excluding hydrogens is 1230 g/mol. The number of primary amides is 1. The molecule has 8 N–H and O–H groups in total. The van der Waals surface area contributed by atoms with Gasteiger partial charge in [-0.2, -0.15) is 0 Å². The van der Waals surface area contributed by atoms with Crippen LogP contribution in [0.25, 0.3) is 0 Å². The Bertz CT molecular complexity index is 2990. The zero-order valence-corrected chi connectivity index (χ0v) is 57.4. The quantitative estimate of drug-likeness (QED) is 0.0204. The van der Waals surface area contributed by atoms with Crippen molar-refractivity contribution >= 4 is 83.2 Å². The Morgan fingerprint density at radius 1 is 0.779 bits per heavy atom. The predicted molar refractivity (Wildman–Crippen MR) is 354 cm³/mol. The number of carbonyl (C=O) groups excluding carboxylic acids is 12. The maximum Gasteiger partial charge on any atom is 0.408 e. The Labute approximate surface area is 557 Å². The summed E-state index contributed by atoms with van der Waals surface area (Å²) < 4.78 is 22.5. The van der Waals surface area contributed by atoms with Crippen LogP contribution in [0.2, 0.25) is 0 Å². The minimum atomic E-state index is -1.61. The third kappa shape index (κ3) is 24.3. The molecule has 0 radical (unpaired) electrons. The summed E-state index contributed by atoms with van der Waals surface area (Å²) in [6.07, 6.45) is 5.08. The van der Waals surface area contributed by atoms with Crippen LogP contribution < -0.4 is 37.6 Å². The number of likely N-dealkylation sites (N-methyl/N-ethyl adjacent to an activating group) is 1. The number of nitrogens with zero attached hydrogens (tertiary/aromatic N) is 4. The molecule has 0 aliphatic carbocycles. The normalized spacial score (nSPS) is 16.8. The summed E-state index contributed by atoms with van der Waals surface area (Å²) in [5.74, 6) is -7.39. The smallest absolute Gasteiger partial charge is 0.408 e. The van der Waals surface area contributed by atoms with Gasteiger partial charge in [0, 0.05) is 77.8 Å². The number of benzene rings is 2. The van der Waals surface area contributed by atoms with E-state index in [0.717, 1.165) is 10.5 Å². The number of rotatable bonds is 38. The van der Waals surface area contributed by atoms with E-state index in [2.05, 4.69) is 36.9 Å². The van der Waals surface area contributed by atoms with E-state index in [1.165, 1.54) is 53.5 Å². The number of hydrogen-bond acceptors (Lipinski definition) is 16. The molecule has 4 rings (SSSR count).